The van der Waals surface area contributed by atoms with Gasteiger partial charge < -0.3 is 5.32 Å². The second kappa shape index (κ2) is 8.24. The third-order valence-corrected chi connectivity index (χ3v) is 5.19. The minimum atomic E-state index is -0.192. The van der Waals surface area contributed by atoms with E-state index in [9.17, 15) is 9.59 Å². The van der Waals surface area contributed by atoms with Crippen LogP contribution in [0.4, 0.5) is 5.13 Å². The van der Waals surface area contributed by atoms with E-state index in [0.29, 0.717) is 27.3 Å². The van der Waals surface area contributed by atoms with Gasteiger partial charge in [-0.15, -0.1) is 22.7 Å². The Hall–Kier alpha value is -2.22. The maximum absolute atomic E-state index is 12.0. The lowest BCUT2D eigenvalue weighted by atomic mass is 10.2. The summed E-state index contributed by atoms with van der Waals surface area (Å²) >= 11 is 8.49. The molecule has 0 fully saturated rings. The predicted molar refractivity (Wildman–Crippen MR) is 101 cm³/mol. The monoisotopic (exact) mass is 391 g/mol. The summed E-state index contributed by atoms with van der Waals surface area (Å²) in [6, 6.07) is 10.9. The lowest BCUT2D eigenvalue weighted by molar-refractivity contribution is -0.120. The predicted octanol–water partition coefficient (Wildman–Crippen LogP) is 3.97. The van der Waals surface area contributed by atoms with Gasteiger partial charge in [-0.3, -0.25) is 14.9 Å². The second-order valence-corrected chi connectivity index (χ2v) is 7.40. The molecule has 2 N–H and O–H groups in total. The Kier molecular flexibility index (Phi) is 5.80. The highest BCUT2D eigenvalue weighted by Crippen LogP contribution is 2.18. The van der Waals surface area contributed by atoms with Crippen LogP contribution in [0.1, 0.15) is 20.9 Å². The summed E-state index contributed by atoms with van der Waals surface area (Å²) in [5.41, 5.74) is 1.60. The van der Waals surface area contributed by atoms with Gasteiger partial charge >= 0.3 is 0 Å². The molecule has 0 unspecified atom stereocenters. The summed E-state index contributed by atoms with van der Waals surface area (Å²) in [6.07, 6.45) is 0.166. The maximum Gasteiger partial charge on any atom is 0.267 e. The van der Waals surface area contributed by atoms with Crippen LogP contribution in [0.15, 0.2) is 47.2 Å². The van der Waals surface area contributed by atoms with Gasteiger partial charge in [0.1, 0.15) is 0 Å². The zero-order chi connectivity index (χ0) is 17.6. The van der Waals surface area contributed by atoms with E-state index in [1.807, 2.05) is 23.6 Å². The molecule has 0 spiro atoms. The molecule has 2 aromatic heterocycles. The summed E-state index contributed by atoms with van der Waals surface area (Å²) in [6.45, 7) is 0.433. The minimum Gasteiger partial charge on any atom is -0.352 e. The van der Waals surface area contributed by atoms with Gasteiger partial charge in [0.05, 0.1) is 17.0 Å². The average Bonchev–Trinajstić information content (AvgIpc) is 3.26. The van der Waals surface area contributed by atoms with Gasteiger partial charge in [0.25, 0.3) is 5.91 Å². The number of hydrogen-bond acceptors (Lipinski definition) is 5. The average molecular weight is 392 g/mol. The van der Waals surface area contributed by atoms with Crippen molar-refractivity contribution < 1.29 is 9.59 Å². The van der Waals surface area contributed by atoms with Crippen molar-refractivity contribution in [3.05, 3.63) is 68.3 Å². The molecule has 128 valence electrons. The lowest BCUT2D eigenvalue weighted by Crippen LogP contribution is -2.24. The van der Waals surface area contributed by atoms with Crippen molar-refractivity contribution in [3.8, 4) is 0 Å². The van der Waals surface area contributed by atoms with Crippen LogP contribution in [-0.2, 0) is 17.8 Å². The van der Waals surface area contributed by atoms with Crippen LogP contribution in [0.25, 0.3) is 0 Å². The van der Waals surface area contributed by atoms with Crippen LogP contribution < -0.4 is 10.6 Å². The Morgan fingerprint density at radius 2 is 1.92 bits per heavy atom. The number of amides is 2. The Labute approximate surface area is 157 Å². The number of anilines is 1. The van der Waals surface area contributed by atoms with Crippen LogP contribution in [0.2, 0.25) is 5.02 Å². The fourth-order valence-electron chi connectivity index (χ4n) is 2.04. The summed E-state index contributed by atoms with van der Waals surface area (Å²) in [5.74, 6) is -0.320. The number of hydrogen-bond donors (Lipinski definition) is 2. The normalized spacial score (nSPS) is 10.4. The molecular formula is C17H14ClN3O2S2. The molecule has 3 aromatic rings. The number of halogens is 1. The van der Waals surface area contributed by atoms with E-state index in [0.717, 1.165) is 5.56 Å². The largest absolute Gasteiger partial charge is 0.352 e. The molecule has 0 saturated heterocycles. The van der Waals surface area contributed by atoms with Crippen LogP contribution in [0, 0.1) is 0 Å². The number of nitrogens with one attached hydrogen (secondary N) is 2. The van der Waals surface area contributed by atoms with E-state index in [-0.39, 0.29) is 18.2 Å². The van der Waals surface area contributed by atoms with Crippen molar-refractivity contribution in [1.29, 1.82) is 0 Å². The quantitative estimate of drug-likeness (QED) is 0.667. The van der Waals surface area contributed by atoms with Gasteiger partial charge in [0.2, 0.25) is 5.91 Å². The highest BCUT2D eigenvalue weighted by Gasteiger charge is 2.11. The number of thiazole rings is 1. The first kappa shape index (κ1) is 17.6. The molecule has 0 atom stereocenters. The molecule has 3 rings (SSSR count). The van der Waals surface area contributed by atoms with E-state index < -0.39 is 0 Å². The van der Waals surface area contributed by atoms with Crippen molar-refractivity contribution in [2.45, 2.75) is 13.0 Å². The molecule has 0 aliphatic carbocycles. The number of thiophene rings is 1. The first-order chi connectivity index (χ1) is 12.1. The smallest absolute Gasteiger partial charge is 0.267 e. The SMILES string of the molecule is O=C(Cc1csc(NC(=O)c2cccs2)n1)NCc1ccc(Cl)cc1. The third kappa shape index (κ3) is 5.12. The number of carbonyl (C=O) groups is 2. The van der Waals surface area contributed by atoms with Crippen LogP contribution in [0.3, 0.4) is 0 Å². The molecule has 25 heavy (non-hydrogen) atoms. The zero-order valence-electron chi connectivity index (χ0n) is 13.0. The van der Waals surface area contributed by atoms with Gasteiger partial charge in [0.15, 0.2) is 5.13 Å². The molecule has 0 saturated carbocycles. The first-order valence-electron chi connectivity index (χ1n) is 7.40. The van der Waals surface area contributed by atoms with Gasteiger partial charge in [-0.1, -0.05) is 29.8 Å². The summed E-state index contributed by atoms with van der Waals surface area (Å²) in [4.78, 5) is 28.9. The number of carbonyl (C=O) groups excluding carboxylic acids is 2. The fraction of sp³-hybridized carbons (Fsp3) is 0.118. The second-order valence-electron chi connectivity index (χ2n) is 5.16. The highest BCUT2D eigenvalue weighted by atomic mass is 35.5. The molecule has 0 aliphatic rings. The van der Waals surface area contributed by atoms with Crippen molar-refractivity contribution in [3.63, 3.8) is 0 Å². The molecule has 5 nitrogen and oxygen atoms in total. The van der Waals surface area contributed by atoms with Crippen LogP contribution in [-0.4, -0.2) is 16.8 Å². The van der Waals surface area contributed by atoms with E-state index in [1.54, 1.807) is 23.6 Å². The lowest BCUT2D eigenvalue weighted by Gasteiger charge is -2.04. The summed E-state index contributed by atoms with van der Waals surface area (Å²) in [7, 11) is 0. The molecule has 8 heteroatoms. The molecule has 2 heterocycles. The number of nitrogens with zero attached hydrogens (tertiary/aromatic N) is 1. The highest BCUT2D eigenvalue weighted by molar-refractivity contribution is 7.14. The van der Waals surface area contributed by atoms with Crippen molar-refractivity contribution >= 4 is 51.2 Å². The van der Waals surface area contributed by atoms with Crippen LogP contribution in [0.5, 0.6) is 0 Å². The first-order valence-corrected chi connectivity index (χ1v) is 9.54. The minimum absolute atomic E-state index is 0.128. The summed E-state index contributed by atoms with van der Waals surface area (Å²) < 4.78 is 0. The van der Waals surface area contributed by atoms with E-state index in [2.05, 4.69) is 15.6 Å². The fourth-order valence-corrected chi connectivity index (χ4v) is 3.49. The van der Waals surface area contributed by atoms with Gasteiger partial charge in [-0.05, 0) is 29.1 Å². The number of benzene rings is 1. The molecule has 0 radical (unpaired) electrons. The van der Waals surface area contributed by atoms with Gasteiger partial charge in [0, 0.05) is 16.9 Å². The Morgan fingerprint density at radius 1 is 1.12 bits per heavy atom. The Bertz CT molecular complexity index is 860. The maximum atomic E-state index is 12.0. The standard InChI is InChI=1S/C17H14ClN3O2S2/c18-12-5-3-11(4-6-12)9-19-15(22)8-13-10-25-17(20-13)21-16(23)14-2-1-7-24-14/h1-7,10H,8-9H2,(H,19,22)(H,20,21,23). The third-order valence-electron chi connectivity index (χ3n) is 3.26. The zero-order valence-corrected chi connectivity index (χ0v) is 15.4. The summed E-state index contributed by atoms with van der Waals surface area (Å²) in [5, 5.41) is 10.3. The number of rotatable bonds is 6. The van der Waals surface area contributed by atoms with Crippen molar-refractivity contribution in [2.24, 2.45) is 0 Å². The molecule has 2 amide bonds. The Balaban J connectivity index is 1.49. The van der Waals surface area contributed by atoms with E-state index in [1.165, 1.54) is 22.7 Å². The van der Waals surface area contributed by atoms with Gasteiger partial charge in [-0.2, -0.15) is 0 Å². The van der Waals surface area contributed by atoms with E-state index in [4.69, 9.17) is 11.6 Å². The molecule has 1 aromatic carbocycles. The molecular weight excluding hydrogens is 378 g/mol. The van der Waals surface area contributed by atoms with Crippen molar-refractivity contribution in [2.75, 3.05) is 5.32 Å². The van der Waals surface area contributed by atoms with Crippen LogP contribution >= 0.6 is 34.3 Å². The van der Waals surface area contributed by atoms with Crippen molar-refractivity contribution in [1.82, 2.24) is 10.3 Å². The topological polar surface area (TPSA) is 71.1 Å². The van der Waals surface area contributed by atoms with Gasteiger partial charge in [-0.25, -0.2) is 4.98 Å². The molecule has 0 bridgehead atoms. The molecule has 0 aliphatic heterocycles. The van der Waals surface area contributed by atoms with E-state index >= 15 is 0 Å². The number of aromatic nitrogens is 1. The Morgan fingerprint density at radius 3 is 2.64 bits per heavy atom.